The van der Waals surface area contributed by atoms with Crippen molar-refractivity contribution in [2.45, 2.75) is 13.8 Å². The van der Waals surface area contributed by atoms with Gasteiger partial charge in [-0.3, -0.25) is 4.79 Å². The van der Waals surface area contributed by atoms with Gasteiger partial charge in [-0.05, 0) is 74.0 Å². The van der Waals surface area contributed by atoms with Crippen LogP contribution in [0.2, 0.25) is 5.02 Å². The third kappa shape index (κ3) is 4.94. The molecule has 0 N–H and O–H groups in total. The van der Waals surface area contributed by atoms with Crippen molar-refractivity contribution in [3.8, 4) is 11.5 Å². The number of esters is 1. The lowest BCUT2D eigenvalue weighted by atomic mass is 10.2. The average Bonchev–Trinajstić information content (AvgIpc) is 2.81. The van der Waals surface area contributed by atoms with Crippen LogP contribution in [0.15, 0.2) is 76.6 Å². The van der Waals surface area contributed by atoms with Crippen LogP contribution in [-0.4, -0.2) is 28.5 Å². The maximum absolute atomic E-state index is 12.8. The summed E-state index contributed by atoms with van der Waals surface area (Å²) in [5, 5.41) is 5.33. The van der Waals surface area contributed by atoms with Gasteiger partial charge in [-0.2, -0.15) is 9.78 Å². The van der Waals surface area contributed by atoms with Crippen LogP contribution >= 0.6 is 11.6 Å². The third-order valence-electron chi connectivity index (χ3n) is 4.79. The van der Waals surface area contributed by atoms with Crippen LogP contribution in [0.4, 0.5) is 0 Å². The van der Waals surface area contributed by atoms with Gasteiger partial charge in [0.15, 0.2) is 11.5 Å². The van der Waals surface area contributed by atoms with Crippen molar-refractivity contribution in [1.82, 2.24) is 9.66 Å². The molecule has 4 aromatic rings. The number of hydrogen-bond donors (Lipinski definition) is 0. The molecule has 1 aromatic heterocycles. The zero-order valence-electron chi connectivity index (χ0n) is 18.0. The first kappa shape index (κ1) is 22.2. The number of nitrogens with zero attached hydrogens (tertiary/aromatic N) is 3. The van der Waals surface area contributed by atoms with E-state index in [-0.39, 0.29) is 11.3 Å². The molecule has 8 heteroatoms. The Hall–Kier alpha value is -3.97. The number of aryl methyl sites for hydroxylation is 1. The molecule has 3 aromatic carbocycles. The Balaban J connectivity index is 1.62. The number of para-hydroxylation sites is 1. The number of carbonyl (C=O) groups excluding carboxylic acids is 1. The smallest absolute Gasteiger partial charge is 0.343 e. The fourth-order valence-electron chi connectivity index (χ4n) is 3.20. The molecular weight excluding hydrogens is 442 g/mol. The zero-order valence-corrected chi connectivity index (χ0v) is 18.7. The molecule has 1 heterocycles. The van der Waals surface area contributed by atoms with Gasteiger partial charge in [-0.1, -0.05) is 23.7 Å². The van der Waals surface area contributed by atoms with E-state index >= 15 is 0 Å². The maximum atomic E-state index is 12.8. The number of halogens is 1. The summed E-state index contributed by atoms with van der Waals surface area (Å²) in [5.41, 5.74) is 1.39. The molecule has 0 aliphatic heterocycles. The second-order valence-electron chi connectivity index (χ2n) is 7.07. The molecular formula is C25H20ClN3O4. The van der Waals surface area contributed by atoms with E-state index in [1.165, 1.54) is 10.9 Å². The molecule has 0 radical (unpaired) electrons. The SMILES string of the molecule is CCOc1cc(C=Nn2c(C)nc3ccccc3c2=O)ccc1OC(=O)c1ccc(Cl)cc1. The van der Waals surface area contributed by atoms with Gasteiger partial charge in [0.2, 0.25) is 0 Å². The summed E-state index contributed by atoms with van der Waals surface area (Å²) < 4.78 is 12.4. The van der Waals surface area contributed by atoms with E-state index in [9.17, 15) is 9.59 Å². The predicted molar refractivity (Wildman–Crippen MR) is 128 cm³/mol. The normalized spacial score (nSPS) is 11.1. The van der Waals surface area contributed by atoms with Crippen LogP contribution in [0.25, 0.3) is 10.9 Å². The van der Waals surface area contributed by atoms with Crippen molar-refractivity contribution in [2.24, 2.45) is 5.10 Å². The molecule has 0 aliphatic carbocycles. The summed E-state index contributed by atoms with van der Waals surface area (Å²) in [5.74, 6) is 0.589. The van der Waals surface area contributed by atoms with Crippen molar-refractivity contribution in [3.63, 3.8) is 0 Å². The van der Waals surface area contributed by atoms with Crippen LogP contribution in [0, 0.1) is 6.92 Å². The Morgan fingerprint density at radius 2 is 1.85 bits per heavy atom. The van der Waals surface area contributed by atoms with Gasteiger partial charge in [0, 0.05) is 5.02 Å². The first-order chi connectivity index (χ1) is 16.0. The van der Waals surface area contributed by atoms with E-state index in [0.717, 1.165) is 0 Å². The number of benzene rings is 3. The van der Waals surface area contributed by atoms with Crippen LogP contribution in [-0.2, 0) is 0 Å². The Morgan fingerprint density at radius 1 is 1.09 bits per heavy atom. The number of ether oxygens (including phenoxy) is 2. The van der Waals surface area contributed by atoms with Crippen LogP contribution in [0.5, 0.6) is 11.5 Å². The van der Waals surface area contributed by atoms with Crippen LogP contribution in [0.1, 0.15) is 28.7 Å². The topological polar surface area (TPSA) is 82.8 Å². The average molecular weight is 462 g/mol. The summed E-state index contributed by atoms with van der Waals surface area (Å²) in [6.07, 6.45) is 1.53. The Kier molecular flexibility index (Phi) is 6.51. The Morgan fingerprint density at radius 3 is 2.61 bits per heavy atom. The zero-order chi connectivity index (χ0) is 23.4. The monoisotopic (exact) mass is 461 g/mol. The van der Waals surface area contributed by atoms with Crippen LogP contribution < -0.4 is 15.0 Å². The third-order valence-corrected chi connectivity index (χ3v) is 5.04. The van der Waals surface area contributed by atoms with Gasteiger partial charge in [0.1, 0.15) is 5.82 Å². The number of hydrogen-bond acceptors (Lipinski definition) is 6. The summed E-state index contributed by atoms with van der Waals surface area (Å²) in [4.78, 5) is 29.7. The first-order valence-corrected chi connectivity index (χ1v) is 10.6. The molecule has 0 aliphatic rings. The van der Waals surface area contributed by atoms with Gasteiger partial charge in [-0.15, -0.1) is 0 Å². The van der Waals surface area contributed by atoms with Crippen molar-refractivity contribution >= 4 is 34.7 Å². The quantitative estimate of drug-likeness (QED) is 0.233. The Labute approximate surface area is 194 Å². The van der Waals surface area contributed by atoms with Gasteiger partial charge in [0.25, 0.3) is 5.56 Å². The molecule has 0 fully saturated rings. The van der Waals surface area contributed by atoms with Gasteiger partial charge in [0.05, 0.1) is 29.3 Å². The largest absolute Gasteiger partial charge is 0.490 e. The van der Waals surface area contributed by atoms with Crippen LogP contribution in [0.3, 0.4) is 0 Å². The number of rotatable bonds is 6. The van der Waals surface area contributed by atoms with E-state index < -0.39 is 5.97 Å². The lowest BCUT2D eigenvalue weighted by Gasteiger charge is -2.11. The van der Waals surface area contributed by atoms with Crippen molar-refractivity contribution in [3.05, 3.63) is 99.1 Å². The fraction of sp³-hybridized carbons (Fsp3) is 0.120. The summed E-state index contributed by atoms with van der Waals surface area (Å²) >= 11 is 5.87. The Bertz CT molecular complexity index is 1410. The minimum Gasteiger partial charge on any atom is -0.490 e. The second kappa shape index (κ2) is 9.67. The van der Waals surface area contributed by atoms with Crippen molar-refractivity contribution < 1.29 is 14.3 Å². The molecule has 166 valence electrons. The summed E-state index contributed by atoms with van der Waals surface area (Å²) in [6.45, 7) is 3.92. The number of aromatic nitrogens is 2. The van der Waals surface area contributed by atoms with E-state index in [0.29, 0.717) is 45.2 Å². The van der Waals surface area contributed by atoms with E-state index in [4.69, 9.17) is 21.1 Å². The highest BCUT2D eigenvalue weighted by Crippen LogP contribution is 2.29. The van der Waals surface area contributed by atoms with E-state index in [1.807, 2.05) is 13.0 Å². The first-order valence-electron chi connectivity index (χ1n) is 10.2. The summed E-state index contributed by atoms with van der Waals surface area (Å²) in [6, 6.07) is 18.5. The minimum atomic E-state index is -0.529. The molecule has 0 spiro atoms. The molecule has 0 amide bonds. The summed E-state index contributed by atoms with van der Waals surface area (Å²) in [7, 11) is 0. The molecule has 0 saturated carbocycles. The predicted octanol–water partition coefficient (Wildman–Crippen LogP) is 4.86. The molecule has 4 rings (SSSR count). The number of carbonyl (C=O) groups is 1. The van der Waals surface area contributed by atoms with E-state index in [1.54, 1.807) is 67.6 Å². The molecule has 0 saturated heterocycles. The molecule has 7 nitrogen and oxygen atoms in total. The van der Waals surface area contributed by atoms with Gasteiger partial charge in [-0.25, -0.2) is 9.78 Å². The lowest BCUT2D eigenvalue weighted by molar-refractivity contribution is 0.0728. The molecule has 0 bridgehead atoms. The van der Waals surface area contributed by atoms with Crippen molar-refractivity contribution in [2.75, 3.05) is 6.61 Å². The number of fused-ring (bicyclic) bond motifs is 1. The molecule has 33 heavy (non-hydrogen) atoms. The fourth-order valence-corrected chi connectivity index (χ4v) is 3.32. The van der Waals surface area contributed by atoms with Crippen molar-refractivity contribution in [1.29, 1.82) is 0 Å². The highest BCUT2D eigenvalue weighted by molar-refractivity contribution is 6.30. The standard InChI is InChI=1S/C25H20ClN3O4/c1-3-32-23-14-17(8-13-22(23)33-25(31)18-9-11-19(26)12-10-18)15-27-29-16(2)28-21-7-5-4-6-20(21)24(29)30/h4-15H,3H2,1-2H3. The van der Waals surface area contributed by atoms with Gasteiger partial charge < -0.3 is 9.47 Å². The maximum Gasteiger partial charge on any atom is 0.343 e. The highest BCUT2D eigenvalue weighted by atomic mass is 35.5. The van der Waals surface area contributed by atoms with E-state index in [2.05, 4.69) is 10.1 Å². The molecule has 0 atom stereocenters. The second-order valence-corrected chi connectivity index (χ2v) is 7.51. The lowest BCUT2D eigenvalue weighted by Crippen LogP contribution is -2.20. The van der Waals surface area contributed by atoms with Gasteiger partial charge >= 0.3 is 5.97 Å². The molecule has 0 unspecified atom stereocenters. The minimum absolute atomic E-state index is 0.257. The highest BCUT2D eigenvalue weighted by Gasteiger charge is 2.13.